The number of anilines is 2. The summed E-state index contributed by atoms with van der Waals surface area (Å²) in [5.41, 5.74) is 2.50. The third-order valence-corrected chi connectivity index (χ3v) is 5.35. The number of aliphatic hydroxyl groups is 2. The average Bonchev–Trinajstić information content (AvgIpc) is 2.91. The van der Waals surface area contributed by atoms with Crippen molar-refractivity contribution in [3.05, 3.63) is 90.0 Å². The Labute approximate surface area is 210 Å². The van der Waals surface area contributed by atoms with E-state index in [0.29, 0.717) is 29.1 Å². The van der Waals surface area contributed by atoms with Gasteiger partial charge in [-0.3, -0.25) is 4.79 Å². The van der Waals surface area contributed by atoms with Gasteiger partial charge in [0.05, 0.1) is 6.61 Å². The van der Waals surface area contributed by atoms with Crippen LogP contribution in [0.15, 0.2) is 78.9 Å². The molecular formula is C27H32N4O5. The molecule has 0 heterocycles. The number of carbonyl (C=O) groups is 2. The number of hydrogen-bond donors (Lipinski definition) is 6. The van der Waals surface area contributed by atoms with Crippen molar-refractivity contribution in [1.82, 2.24) is 10.6 Å². The molecule has 2 atom stereocenters. The second-order valence-corrected chi connectivity index (χ2v) is 8.21. The number of ether oxygens (including phenoxy) is 1. The number of urea groups is 1. The van der Waals surface area contributed by atoms with Crippen LogP contribution in [-0.4, -0.2) is 61.1 Å². The van der Waals surface area contributed by atoms with Crippen LogP contribution < -0.4 is 26.0 Å². The van der Waals surface area contributed by atoms with E-state index in [1.807, 2.05) is 42.5 Å². The molecule has 190 valence electrons. The smallest absolute Gasteiger partial charge is 0.323 e. The van der Waals surface area contributed by atoms with Crippen molar-refractivity contribution in [2.75, 3.05) is 37.4 Å². The van der Waals surface area contributed by atoms with E-state index in [4.69, 9.17) is 4.74 Å². The highest BCUT2D eigenvalue weighted by molar-refractivity contribution is 6.01. The van der Waals surface area contributed by atoms with Crippen molar-refractivity contribution >= 4 is 23.3 Å². The molecule has 0 spiro atoms. The summed E-state index contributed by atoms with van der Waals surface area (Å²) in [6.07, 6.45) is -0.178. The van der Waals surface area contributed by atoms with E-state index in [-0.39, 0.29) is 31.7 Å². The van der Waals surface area contributed by atoms with Gasteiger partial charge in [-0.2, -0.15) is 0 Å². The van der Waals surface area contributed by atoms with Crippen LogP contribution in [0.4, 0.5) is 16.2 Å². The van der Waals surface area contributed by atoms with Crippen molar-refractivity contribution in [3.63, 3.8) is 0 Å². The van der Waals surface area contributed by atoms with Gasteiger partial charge in [0.15, 0.2) is 0 Å². The number of aliphatic hydroxyl groups excluding tert-OH is 2. The van der Waals surface area contributed by atoms with Crippen LogP contribution >= 0.6 is 0 Å². The second-order valence-electron chi connectivity index (χ2n) is 8.21. The first kappa shape index (κ1) is 26.7. The van der Waals surface area contributed by atoms with Gasteiger partial charge < -0.3 is 36.2 Å². The van der Waals surface area contributed by atoms with Crippen molar-refractivity contribution in [2.24, 2.45) is 0 Å². The number of hydrogen-bond acceptors (Lipinski definition) is 6. The number of para-hydroxylation sites is 1. The topological polar surface area (TPSA) is 132 Å². The minimum atomic E-state index is -0.721. The number of nitrogens with one attached hydrogen (secondary N) is 4. The predicted octanol–water partition coefficient (Wildman–Crippen LogP) is 2.62. The molecule has 0 saturated heterocycles. The summed E-state index contributed by atoms with van der Waals surface area (Å²) in [7, 11) is 1.54. The van der Waals surface area contributed by atoms with Gasteiger partial charge >= 0.3 is 6.03 Å². The van der Waals surface area contributed by atoms with Gasteiger partial charge in [-0.15, -0.1) is 0 Å². The highest BCUT2D eigenvalue weighted by Crippen LogP contribution is 2.14. The standard InChI is InChI=1S/C27H32N4O5/c1-28-26(34)20-6-5-7-22(15-20)31-27(35)30-21-12-10-19(11-13-21)14-23(17-32)29-16-24(33)18-36-25-8-3-2-4-9-25/h2-13,15,23-24,29,32-33H,14,16-18H2,1H3,(H,28,34)(H2,30,31,35)/t23-,24-/m0/s1. The zero-order chi connectivity index (χ0) is 25.8. The summed E-state index contributed by atoms with van der Waals surface area (Å²) in [4.78, 5) is 24.1. The van der Waals surface area contributed by atoms with Gasteiger partial charge in [0.1, 0.15) is 18.5 Å². The Hall–Kier alpha value is -3.92. The lowest BCUT2D eigenvalue weighted by Gasteiger charge is -2.19. The zero-order valence-corrected chi connectivity index (χ0v) is 20.1. The fourth-order valence-corrected chi connectivity index (χ4v) is 3.46. The SMILES string of the molecule is CNC(=O)c1cccc(NC(=O)Nc2ccc(C[C@@H](CO)NC[C@H](O)COc3ccccc3)cc2)c1. The van der Waals surface area contributed by atoms with Crippen molar-refractivity contribution in [2.45, 2.75) is 18.6 Å². The highest BCUT2D eigenvalue weighted by Gasteiger charge is 2.12. The lowest BCUT2D eigenvalue weighted by Crippen LogP contribution is -2.41. The Kier molecular flexibility index (Phi) is 10.3. The van der Waals surface area contributed by atoms with Gasteiger partial charge in [0.2, 0.25) is 0 Å². The largest absolute Gasteiger partial charge is 0.491 e. The molecule has 36 heavy (non-hydrogen) atoms. The maximum absolute atomic E-state index is 12.3. The van der Waals surface area contributed by atoms with Gasteiger partial charge in [-0.05, 0) is 54.4 Å². The van der Waals surface area contributed by atoms with Gasteiger partial charge in [-0.25, -0.2) is 4.79 Å². The molecule has 0 radical (unpaired) electrons. The molecular weight excluding hydrogens is 460 g/mol. The summed E-state index contributed by atoms with van der Waals surface area (Å²) in [5, 5.41) is 31.1. The monoisotopic (exact) mass is 492 g/mol. The predicted molar refractivity (Wildman–Crippen MR) is 139 cm³/mol. The molecule has 0 bridgehead atoms. The van der Waals surface area contributed by atoms with Gasteiger partial charge in [0.25, 0.3) is 5.91 Å². The van der Waals surface area contributed by atoms with Gasteiger partial charge in [-0.1, -0.05) is 36.4 Å². The van der Waals surface area contributed by atoms with E-state index < -0.39 is 12.1 Å². The lowest BCUT2D eigenvalue weighted by molar-refractivity contribution is 0.0963. The van der Waals surface area contributed by atoms with Gasteiger partial charge in [0, 0.05) is 36.6 Å². The van der Waals surface area contributed by atoms with Crippen molar-refractivity contribution < 1.29 is 24.5 Å². The summed E-state index contributed by atoms with van der Waals surface area (Å²) >= 11 is 0. The Morgan fingerprint density at radius 3 is 2.33 bits per heavy atom. The molecule has 0 aromatic heterocycles. The van der Waals surface area contributed by atoms with Crippen LogP contribution in [-0.2, 0) is 6.42 Å². The van der Waals surface area contributed by atoms with E-state index in [2.05, 4.69) is 21.3 Å². The summed E-state index contributed by atoms with van der Waals surface area (Å²) in [6.45, 7) is 0.330. The van der Waals surface area contributed by atoms with Crippen LogP contribution in [0.3, 0.4) is 0 Å². The number of rotatable bonds is 12. The second kappa shape index (κ2) is 13.8. The first-order valence-corrected chi connectivity index (χ1v) is 11.7. The molecule has 3 amide bonds. The molecule has 0 unspecified atom stereocenters. The highest BCUT2D eigenvalue weighted by atomic mass is 16.5. The van der Waals surface area contributed by atoms with E-state index in [1.54, 1.807) is 43.4 Å². The average molecular weight is 493 g/mol. The summed E-state index contributed by atoms with van der Waals surface area (Å²) < 4.78 is 5.55. The molecule has 3 aromatic rings. The van der Waals surface area contributed by atoms with E-state index in [9.17, 15) is 19.8 Å². The maximum Gasteiger partial charge on any atom is 0.323 e. The van der Waals surface area contributed by atoms with Crippen LogP contribution in [0.2, 0.25) is 0 Å². The fourth-order valence-electron chi connectivity index (χ4n) is 3.46. The molecule has 0 aliphatic carbocycles. The minimum absolute atomic E-state index is 0.0935. The first-order valence-electron chi connectivity index (χ1n) is 11.7. The molecule has 6 N–H and O–H groups in total. The normalized spacial score (nSPS) is 12.3. The van der Waals surface area contributed by atoms with Crippen LogP contribution in [0, 0.1) is 0 Å². The number of amides is 3. The summed E-state index contributed by atoms with van der Waals surface area (Å²) in [6, 6.07) is 22.5. The number of benzene rings is 3. The molecule has 0 aliphatic rings. The molecule has 9 heteroatoms. The minimum Gasteiger partial charge on any atom is -0.491 e. The third-order valence-electron chi connectivity index (χ3n) is 5.35. The van der Waals surface area contributed by atoms with Crippen molar-refractivity contribution in [1.29, 1.82) is 0 Å². The molecule has 3 rings (SSSR count). The Balaban J connectivity index is 1.44. The zero-order valence-electron chi connectivity index (χ0n) is 20.1. The summed E-state index contributed by atoms with van der Waals surface area (Å²) in [5.74, 6) is 0.454. The van der Waals surface area contributed by atoms with Crippen LogP contribution in [0.1, 0.15) is 15.9 Å². The van der Waals surface area contributed by atoms with Crippen molar-refractivity contribution in [3.8, 4) is 5.75 Å². The fraction of sp³-hybridized carbons (Fsp3) is 0.259. The molecule has 0 aliphatic heterocycles. The number of carbonyl (C=O) groups excluding carboxylic acids is 2. The quantitative estimate of drug-likeness (QED) is 0.230. The maximum atomic E-state index is 12.3. The molecule has 3 aromatic carbocycles. The van der Waals surface area contributed by atoms with E-state index >= 15 is 0 Å². The molecule has 0 saturated carbocycles. The Bertz CT molecular complexity index is 1110. The van der Waals surface area contributed by atoms with Crippen LogP contribution in [0.25, 0.3) is 0 Å². The Morgan fingerprint density at radius 2 is 1.64 bits per heavy atom. The van der Waals surface area contributed by atoms with Crippen LogP contribution in [0.5, 0.6) is 5.75 Å². The van der Waals surface area contributed by atoms with E-state index in [1.165, 1.54) is 0 Å². The Morgan fingerprint density at radius 1 is 0.917 bits per heavy atom. The molecule has 9 nitrogen and oxygen atoms in total. The third kappa shape index (κ3) is 8.70. The molecule has 0 fully saturated rings. The first-order chi connectivity index (χ1) is 17.5. The van der Waals surface area contributed by atoms with E-state index in [0.717, 1.165) is 5.56 Å². The lowest BCUT2D eigenvalue weighted by atomic mass is 10.1.